The van der Waals surface area contributed by atoms with Crippen molar-refractivity contribution in [2.24, 2.45) is 9.98 Å². The predicted octanol–water partition coefficient (Wildman–Crippen LogP) is 4.76. The molecule has 0 radical (unpaired) electrons. The normalized spacial score (nSPS) is 11.0. The molecule has 0 spiro atoms. The van der Waals surface area contributed by atoms with Gasteiger partial charge >= 0.3 is 11.9 Å². The van der Waals surface area contributed by atoms with Gasteiger partial charge in [-0.05, 0) is 59.7 Å². The molecule has 0 aliphatic carbocycles. The Balaban J connectivity index is 1.62. The average molecular weight is 400 g/mol. The lowest BCUT2D eigenvalue weighted by Gasteiger charge is -2.00. The van der Waals surface area contributed by atoms with E-state index >= 15 is 0 Å². The fraction of sp³-hybridized carbons (Fsp3) is 0.0833. The second-order valence-electron chi connectivity index (χ2n) is 6.26. The Kier molecular flexibility index (Phi) is 6.84. The summed E-state index contributed by atoms with van der Waals surface area (Å²) in [6, 6.07) is 21.5. The number of carbonyl (C=O) groups is 2. The van der Waals surface area contributed by atoms with E-state index in [2.05, 4.69) is 19.5 Å². The van der Waals surface area contributed by atoms with E-state index in [0.717, 1.165) is 22.5 Å². The van der Waals surface area contributed by atoms with E-state index in [4.69, 9.17) is 0 Å². The molecular formula is C24H20N2O4. The van der Waals surface area contributed by atoms with Gasteiger partial charge in [0.1, 0.15) is 0 Å². The van der Waals surface area contributed by atoms with Crippen LogP contribution in [0.4, 0.5) is 11.4 Å². The van der Waals surface area contributed by atoms with Gasteiger partial charge in [-0.2, -0.15) is 0 Å². The van der Waals surface area contributed by atoms with E-state index in [1.165, 1.54) is 14.2 Å². The van der Waals surface area contributed by atoms with Gasteiger partial charge in [0.2, 0.25) is 0 Å². The van der Waals surface area contributed by atoms with Crippen LogP contribution in [0.25, 0.3) is 0 Å². The van der Waals surface area contributed by atoms with E-state index in [9.17, 15) is 9.59 Å². The molecule has 3 aromatic carbocycles. The molecule has 0 aromatic heterocycles. The monoisotopic (exact) mass is 400 g/mol. The molecule has 0 fully saturated rings. The van der Waals surface area contributed by atoms with Crippen molar-refractivity contribution in [3.05, 3.63) is 95.1 Å². The molecular weight excluding hydrogens is 380 g/mol. The molecule has 150 valence electrons. The molecule has 0 heterocycles. The van der Waals surface area contributed by atoms with Crippen molar-refractivity contribution in [1.82, 2.24) is 0 Å². The van der Waals surface area contributed by atoms with Gasteiger partial charge in [-0.15, -0.1) is 0 Å². The third-order valence-corrected chi connectivity index (χ3v) is 4.24. The zero-order valence-electron chi connectivity index (χ0n) is 16.6. The quantitative estimate of drug-likeness (QED) is 0.441. The largest absolute Gasteiger partial charge is 0.465 e. The Morgan fingerprint density at radius 2 is 0.933 bits per heavy atom. The van der Waals surface area contributed by atoms with Crippen LogP contribution >= 0.6 is 0 Å². The van der Waals surface area contributed by atoms with Crippen LogP contribution in [-0.4, -0.2) is 38.6 Å². The third kappa shape index (κ3) is 5.48. The molecule has 0 aliphatic heterocycles. The number of aliphatic imine (C=N–C) groups is 2. The molecule has 3 rings (SSSR count). The van der Waals surface area contributed by atoms with Crippen molar-refractivity contribution in [3.8, 4) is 0 Å². The summed E-state index contributed by atoms with van der Waals surface area (Å²) in [7, 11) is 2.70. The lowest BCUT2D eigenvalue weighted by atomic mass is 10.1. The van der Waals surface area contributed by atoms with Gasteiger partial charge in [-0.3, -0.25) is 9.98 Å². The van der Waals surface area contributed by atoms with Gasteiger partial charge in [0.15, 0.2) is 0 Å². The molecule has 6 nitrogen and oxygen atoms in total. The number of rotatable bonds is 6. The molecule has 0 saturated carbocycles. The fourth-order valence-corrected chi connectivity index (χ4v) is 2.57. The number of benzene rings is 3. The maximum absolute atomic E-state index is 11.4. The van der Waals surface area contributed by atoms with Crippen LogP contribution in [0.2, 0.25) is 0 Å². The van der Waals surface area contributed by atoms with E-state index in [1.54, 1.807) is 61.0 Å². The van der Waals surface area contributed by atoms with Crippen molar-refractivity contribution < 1.29 is 19.1 Å². The maximum atomic E-state index is 11.4. The topological polar surface area (TPSA) is 77.3 Å². The molecule has 0 aliphatic rings. The van der Waals surface area contributed by atoms with E-state index < -0.39 is 0 Å². The highest BCUT2D eigenvalue weighted by Crippen LogP contribution is 2.15. The highest BCUT2D eigenvalue weighted by molar-refractivity contribution is 5.91. The Morgan fingerprint density at radius 1 is 0.600 bits per heavy atom. The molecule has 30 heavy (non-hydrogen) atoms. The van der Waals surface area contributed by atoms with Crippen molar-refractivity contribution >= 4 is 35.7 Å². The van der Waals surface area contributed by atoms with Crippen LogP contribution < -0.4 is 0 Å². The standard InChI is InChI=1S/C24H20N2O4/c1-29-23(27)19-7-11-21(12-8-19)25-15-17-3-5-18(6-4-17)16-26-22-13-9-20(10-14-22)24(28)30-2/h3-16H,1-2H3. The van der Waals surface area contributed by atoms with Crippen LogP contribution in [0.5, 0.6) is 0 Å². The van der Waals surface area contributed by atoms with Gasteiger partial charge in [0, 0.05) is 12.4 Å². The minimum absolute atomic E-state index is 0.373. The highest BCUT2D eigenvalue weighted by Gasteiger charge is 2.04. The van der Waals surface area contributed by atoms with Crippen molar-refractivity contribution in [2.75, 3.05) is 14.2 Å². The first-order valence-electron chi connectivity index (χ1n) is 9.14. The molecule has 0 amide bonds. The number of nitrogens with zero attached hydrogens (tertiary/aromatic N) is 2. The molecule has 0 saturated heterocycles. The van der Waals surface area contributed by atoms with Crippen molar-refractivity contribution in [3.63, 3.8) is 0 Å². The zero-order chi connectivity index (χ0) is 21.3. The SMILES string of the molecule is COC(=O)c1ccc(N=Cc2ccc(C=Nc3ccc(C(=O)OC)cc3)cc2)cc1. The van der Waals surface area contributed by atoms with E-state index in [0.29, 0.717) is 11.1 Å². The molecule has 0 unspecified atom stereocenters. The molecule has 6 heteroatoms. The summed E-state index contributed by atoms with van der Waals surface area (Å²) in [6.45, 7) is 0. The van der Waals surface area contributed by atoms with Crippen LogP contribution in [-0.2, 0) is 9.47 Å². The predicted molar refractivity (Wildman–Crippen MR) is 117 cm³/mol. The lowest BCUT2D eigenvalue weighted by molar-refractivity contribution is 0.0592. The van der Waals surface area contributed by atoms with Gasteiger partial charge in [0.05, 0.1) is 36.7 Å². The first-order valence-corrected chi connectivity index (χ1v) is 9.14. The minimum Gasteiger partial charge on any atom is -0.465 e. The minimum atomic E-state index is -0.373. The number of carbonyl (C=O) groups excluding carboxylic acids is 2. The summed E-state index contributed by atoms with van der Waals surface area (Å²) in [5.41, 5.74) is 4.32. The number of methoxy groups -OCH3 is 2. The van der Waals surface area contributed by atoms with Crippen LogP contribution in [0.15, 0.2) is 82.8 Å². The Morgan fingerprint density at radius 3 is 1.23 bits per heavy atom. The number of hydrogen-bond acceptors (Lipinski definition) is 6. The Bertz CT molecular complexity index is 979. The highest BCUT2D eigenvalue weighted by atomic mass is 16.5. The number of esters is 2. The zero-order valence-corrected chi connectivity index (χ0v) is 16.6. The molecule has 0 atom stereocenters. The van der Waals surface area contributed by atoms with Gasteiger partial charge in [-0.1, -0.05) is 24.3 Å². The van der Waals surface area contributed by atoms with Crippen LogP contribution in [0, 0.1) is 0 Å². The maximum Gasteiger partial charge on any atom is 0.337 e. The van der Waals surface area contributed by atoms with Gasteiger partial charge in [0.25, 0.3) is 0 Å². The fourth-order valence-electron chi connectivity index (χ4n) is 2.57. The van der Waals surface area contributed by atoms with Crippen LogP contribution in [0.1, 0.15) is 31.8 Å². The Labute approximate surface area is 174 Å². The number of ether oxygens (including phenoxy) is 2. The summed E-state index contributed by atoms with van der Waals surface area (Å²) in [5.74, 6) is -0.746. The van der Waals surface area contributed by atoms with E-state index in [-0.39, 0.29) is 11.9 Å². The first kappa shape index (κ1) is 20.7. The molecule has 0 N–H and O–H groups in total. The van der Waals surface area contributed by atoms with Gasteiger partial charge in [-0.25, -0.2) is 9.59 Å². The van der Waals surface area contributed by atoms with Gasteiger partial charge < -0.3 is 9.47 Å². The Hall–Kier alpha value is -4.06. The third-order valence-electron chi connectivity index (χ3n) is 4.24. The summed E-state index contributed by atoms with van der Waals surface area (Å²) < 4.78 is 9.35. The lowest BCUT2D eigenvalue weighted by Crippen LogP contribution is -1.99. The molecule has 3 aromatic rings. The van der Waals surface area contributed by atoms with E-state index in [1.807, 2.05) is 24.3 Å². The van der Waals surface area contributed by atoms with Crippen molar-refractivity contribution in [2.45, 2.75) is 0 Å². The van der Waals surface area contributed by atoms with Crippen molar-refractivity contribution in [1.29, 1.82) is 0 Å². The summed E-state index contributed by atoms with van der Waals surface area (Å²) in [4.78, 5) is 31.7. The second-order valence-corrected chi connectivity index (χ2v) is 6.26. The molecule has 0 bridgehead atoms. The summed E-state index contributed by atoms with van der Waals surface area (Å²) in [6.07, 6.45) is 3.50. The number of hydrogen-bond donors (Lipinski definition) is 0. The second kappa shape index (κ2) is 9.93. The summed E-state index contributed by atoms with van der Waals surface area (Å²) in [5, 5.41) is 0. The smallest absolute Gasteiger partial charge is 0.337 e. The summed E-state index contributed by atoms with van der Waals surface area (Å²) >= 11 is 0. The first-order chi connectivity index (χ1) is 14.6. The average Bonchev–Trinajstić information content (AvgIpc) is 2.81. The van der Waals surface area contributed by atoms with Crippen LogP contribution in [0.3, 0.4) is 0 Å².